The van der Waals surface area contributed by atoms with E-state index < -0.39 is 0 Å². The molecule has 0 aliphatic rings. The molecule has 0 spiro atoms. The Hall–Kier alpha value is -0.830. The molecule has 0 radical (unpaired) electrons. The first-order valence-electron chi connectivity index (χ1n) is 6.27. The van der Waals surface area contributed by atoms with Crippen LogP contribution in [0.4, 0.5) is 0 Å². The lowest BCUT2D eigenvalue weighted by molar-refractivity contribution is 0.0937. The number of halogens is 1. The smallest absolute Gasteiger partial charge is 0.251 e. The SMILES string of the molecule is CC(CNC(=O)c1ccc(CBr)cc1)C(C)(C)C. The van der Waals surface area contributed by atoms with Gasteiger partial charge >= 0.3 is 0 Å². The topological polar surface area (TPSA) is 29.1 Å². The summed E-state index contributed by atoms with van der Waals surface area (Å²) in [5.41, 5.74) is 2.11. The van der Waals surface area contributed by atoms with Crippen molar-refractivity contribution < 1.29 is 4.79 Å². The van der Waals surface area contributed by atoms with Gasteiger partial charge in [-0.2, -0.15) is 0 Å². The minimum absolute atomic E-state index is 0.00669. The van der Waals surface area contributed by atoms with Crippen molar-refractivity contribution >= 4 is 21.8 Å². The van der Waals surface area contributed by atoms with Gasteiger partial charge in [0.2, 0.25) is 0 Å². The third-order valence-corrected chi connectivity index (χ3v) is 4.07. The van der Waals surface area contributed by atoms with Crippen molar-refractivity contribution in [1.82, 2.24) is 5.32 Å². The zero-order chi connectivity index (χ0) is 13.8. The van der Waals surface area contributed by atoms with Gasteiger partial charge in [0, 0.05) is 17.4 Å². The Morgan fingerprint density at radius 2 is 1.83 bits per heavy atom. The Balaban J connectivity index is 2.55. The van der Waals surface area contributed by atoms with Crippen molar-refractivity contribution in [2.45, 2.75) is 33.0 Å². The molecule has 0 aliphatic heterocycles. The molecular formula is C15H22BrNO. The third-order valence-electron chi connectivity index (χ3n) is 3.42. The highest BCUT2D eigenvalue weighted by atomic mass is 79.9. The Morgan fingerprint density at radius 1 is 1.28 bits per heavy atom. The van der Waals surface area contributed by atoms with Gasteiger partial charge in [-0.05, 0) is 29.0 Å². The molecule has 100 valence electrons. The van der Waals surface area contributed by atoms with Crippen LogP contribution in [0.25, 0.3) is 0 Å². The van der Waals surface area contributed by atoms with Gasteiger partial charge in [0.15, 0.2) is 0 Å². The van der Waals surface area contributed by atoms with Crippen LogP contribution < -0.4 is 5.32 Å². The van der Waals surface area contributed by atoms with Crippen molar-refractivity contribution in [3.05, 3.63) is 35.4 Å². The number of hydrogen-bond donors (Lipinski definition) is 1. The second kappa shape index (κ2) is 6.37. The summed E-state index contributed by atoms with van der Waals surface area (Å²) >= 11 is 3.39. The molecule has 1 unspecified atom stereocenters. The molecule has 1 aromatic carbocycles. The maximum atomic E-state index is 12.0. The molecule has 1 amide bonds. The van der Waals surface area contributed by atoms with E-state index >= 15 is 0 Å². The first-order chi connectivity index (χ1) is 8.34. The number of nitrogens with one attached hydrogen (secondary N) is 1. The molecule has 0 saturated heterocycles. The standard InChI is InChI=1S/C15H22BrNO/c1-11(15(2,3)4)10-17-14(18)13-7-5-12(9-16)6-8-13/h5-8,11H,9-10H2,1-4H3,(H,17,18). The molecule has 2 nitrogen and oxygen atoms in total. The van der Waals surface area contributed by atoms with Gasteiger partial charge in [-0.3, -0.25) is 4.79 Å². The first kappa shape index (κ1) is 15.2. The molecular weight excluding hydrogens is 290 g/mol. The predicted octanol–water partition coefficient (Wildman–Crippen LogP) is 3.99. The fourth-order valence-corrected chi connectivity index (χ4v) is 1.77. The molecule has 1 N–H and O–H groups in total. The fraction of sp³-hybridized carbons (Fsp3) is 0.533. The average molecular weight is 312 g/mol. The summed E-state index contributed by atoms with van der Waals surface area (Å²) in [5, 5.41) is 3.81. The Labute approximate surface area is 118 Å². The molecule has 0 heterocycles. The number of hydrogen-bond acceptors (Lipinski definition) is 1. The molecule has 3 heteroatoms. The van der Waals surface area contributed by atoms with Crippen molar-refractivity contribution in [2.24, 2.45) is 11.3 Å². The normalized spacial score (nSPS) is 13.2. The maximum absolute atomic E-state index is 12.0. The summed E-state index contributed by atoms with van der Waals surface area (Å²) in [5.74, 6) is 0.454. The van der Waals surface area contributed by atoms with Crippen LogP contribution in [-0.4, -0.2) is 12.5 Å². The van der Waals surface area contributed by atoms with Crippen molar-refractivity contribution in [3.63, 3.8) is 0 Å². The Morgan fingerprint density at radius 3 is 2.28 bits per heavy atom. The van der Waals surface area contributed by atoms with E-state index in [1.165, 1.54) is 5.56 Å². The molecule has 1 aromatic rings. The van der Waals surface area contributed by atoms with Crippen LogP contribution in [0.5, 0.6) is 0 Å². The number of benzene rings is 1. The summed E-state index contributed by atoms with van der Waals surface area (Å²) in [6.07, 6.45) is 0. The Kier molecular flexibility index (Phi) is 5.39. The van der Waals surface area contributed by atoms with E-state index in [-0.39, 0.29) is 11.3 Å². The highest BCUT2D eigenvalue weighted by Crippen LogP contribution is 2.24. The van der Waals surface area contributed by atoms with Gasteiger partial charge in [0.05, 0.1) is 0 Å². The summed E-state index contributed by atoms with van der Waals surface area (Å²) in [6.45, 7) is 9.44. The van der Waals surface area contributed by atoms with E-state index in [1.807, 2.05) is 24.3 Å². The number of amides is 1. The molecule has 0 aromatic heterocycles. The van der Waals surface area contributed by atoms with Crippen LogP contribution in [0, 0.1) is 11.3 Å². The van der Waals surface area contributed by atoms with Gasteiger partial charge in [0.25, 0.3) is 5.91 Å². The van der Waals surface area contributed by atoms with E-state index in [0.717, 1.165) is 10.9 Å². The molecule has 1 rings (SSSR count). The highest BCUT2D eigenvalue weighted by Gasteiger charge is 2.20. The van der Waals surface area contributed by atoms with Gasteiger partial charge in [-0.1, -0.05) is 55.8 Å². The molecule has 18 heavy (non-hydrogen) atoms. The predicted molar refractivity (Wildman–Crippen MR) is 80.0 cm³/mol. The maximum Gasteiger partial charge on any atom is 0.251 e. The van der Waals surface area contributed by atoms with Crippen LogP contribution >= 0.6 is 15.9 Å². The molecule has 1 atom stereocenters. The molecule has 0 bridgehead atoms. The fourth-order valence-electron chi connectivity index (χ4n) is 1.40. The summed E-state index contributed by atoms with van der Waals surface area (Å²) in [6, 6.07) is 7.68. The Bertz CT molecular complexity index is 392. The lowest BCUT2D eigenvalue weighted by atomic mass is 9.82. The number of alkyl halides is 1. The second-order valence-corrected chi connectivity index (χ2v) is 6.37. The van der Waals surface area contributed by atoms with E-state index in [1.54, 1.807) is 0 Å². The van der Waals surface area contributed by atoms with Gasteiger partial charge in [0.1, 0.15) is 0 Å². The average Bonchev–Trinajstić information content (AvgIpc) is 2.34. The number of rotatable bonds is 4. The summed E-state index contributed by atoms with van der Waals surface area (Å²) in [4.78, 5) is 12.0. The molecule has 0 aliphatic carbocycles. The lowest BCUT2D eigenvalue weighted by Crippen LogP contribution is -2.33. The van der Waals surface area contributed by atoms with Crippen LogP contribution in [0.2, 0.25) is 0 Å². The third kappa shape index (κ3) is 4.45. The zero-order valence-corrected chi connectivity index (χ0v) is 13.2. The monoisotopic (exact) mass is 311 g/mol. The number of carbonyl (C=O) groups excluding carboxylic acids is 1. The minimum atomic E-state index is 0.00669. The summed E-state index contributed by atoms with van der Waals surface area (Å²) in [7, 11) is 0. The van der Waals surface area contributed by atoms with E-state index in [2.05, 4.69) is 48.9 Å². The van der Waals surface area contributed by atoms with Crippen LogP contribution in [-0.2, 0) is 5.33 Å². The van der Waals surface area contributed by atoms with Crippen LogP contribution in [0.3, 0.4) is 0 Å². The van der Waals surface area contributed by atoms with Crippen LogP contribution in [0.1, 0.15) is 43.6 Å². The molecule has 0 saturated carbocycles. The zero-order valence-electron chi connectivity index (χ0n) is 11.6. The van der Waals surface area contributed by atoms with Gasteiger partial charge in [-0.15, -0.1) is 0 Å². The van der Waals surface area contributed by atoms with E-state index in [0.29, 0.717) is 12.5 Å². The lowest BCUT2D eigenvalue weighted by Gasteiger charge is -2.27. The quantitative estimate of drug-likeness (QED) is 0.837. The number of carbonyl (C=O) groups is 1. The van der Waals surface area contributed by atoms with Crippen molar-refractivity contribution in [2.75, 3.05) is 6.54 Å². The van der Waals surface area contributed by atoms with E-state index in [4.69, 9.17) is 0 Å². The van der Waals surface area contributed by atoms with E-state index in [9.17, 15) is 4.79 Å². The van der Waals surface area contributed by atoms with Gasteiger partial charge in [-0.25, -0.2) is 0 Å². The highest BCUT2D eigenvalue weighted by molar-refractivity contribution is 9.08. The van der Waals surface area contributed by atoms with Crippen molar-refractivity contribution in [3.8, 4) is 0 Å². The second-order valence-electron chi connectivity index (χ2n) is 5.81. The molecule has 0 fully saturated rings. The van der Waals surface area contributed by atoms with Gasteiger partial charge < -0.3 is 5.32 Å². The largest absolute Gasteiger partial charge is 0.352 e. The van der Waals surface area contributed by atoms with Crippen LogP contribution in [0.15, 0.2) is 24.3 Å². The first-order valence-corrected chi connectivity index (χ1v) is 7.40. The van der Waals surface area contributed by atoms with Crippen molar-refractivity contribution in [1.29, 1.82) is 0 Å². The minimum Gasteiger partial charge on any atom is -0.352 e. The summed E-state index contributed by atoms with van der Waals surface area (Å²) < 4.78 is 0.